The number of nitrogens with two attached hydrogens (primary N) is 2. The molecule has 0 radical (unpaired) electrons. The van der Waals surface area contributed by atoms with E-state index >= 15 is 0 Å². The molecule has 2 aromatic heterocycles. The molecule has 0 atom stereocenters. The third-order valence-corrected chi connectivity index (χ3v) is 4.86. The fraction of sp³-hybridized carbons (Fsp3) is 0.133. The van der Waals surface area contributed by atoms with Gasteiger partial charge in [-0.3, -0.25) is 9.78 Å². The standard InChI is InChI=1S/C15H12N4O2S/c16-14(20)13-10-4-3-8-6-18-19-12(8)11(10)15(22-13)21-9-2-1-5-17-7-9/h1-2,5-7H,3-4H2,(H2,16,20)(H,18,19)/p+1. The van der Waals surface area contributed by atoms with Gasteiger partial charge in [-0.2, -0.15) is 5.43 Å². The molecule has 22 heavy (non-hydrogen) atoms. The Morgan fingerprint density at radius 2 is 2.32 bits per heavy atom. The molecule has 0 bridgehead atoms. The van der Waals surface area contributed by atoms with E-state index in [0.29, 0.717) is 15.7 Å². The van der Waals surface area contributed by atoms with Gasteiger partial charge in [0, 0.05) is 11.8 Å². The summed E-state index contributed by atoms with van der Waals surface area (Å²) in [6.45, 7) is 0. The number of carbonyl (C=O) groups excluding carboxylic acids is 1. The van der Waals surface area contributed by atoms with Crippen LogP contribution < -0.4 is 15.9 Å². The number of carbonyl (C=O) groups is 1. The van der Waals surface area contributed by atoms with Gasteiger partial charge in [0.05, 0.1) is 22.9 Å². The van der Waals surface area contributed by atoms with Crippen molar-refractivity contribution in [2.24, 2.45) is 10.8 Å². The number of pyridine rings is 1. The van der Waals surface area contributed by atoms with E-state index in [0.717, 1.165) is 29.7 Å². The average molecular weight is 313 g/mol. The second kappa shape index (κ2) is 5.04. The summed E-state index contributed by atoms with van der Waals surface area (Å²) in [6, 6.07) is 3.63. The lowest BCUT2D eigenvalue weighted by molar-refractivity contribution is -0.565. The molecular weight excluding hydrogens is 300 g/mol. The Hall–Kier alpha value is -2.51. The zero-order chi connectivity index (χ0) is 15.1. The van der Waals surface area contributed by atoms with Crippen LogP contribution in [0.25, 0.3) is 5.70 Å². The van der Waals surface area contributed by atoms with Crippen molar-refractivity contribution in [1.29, 1.82) is 0 Å². The van der Waals surface area contributed by atoms with Crippen LogP contribution >= 0.6 is 11.3 Å². The van der Waals surface area contributed by atoms with Crippen LogP contribution in [0.15, 0.2) is 35.2 Å². The number of rotatable bonds is 3. The van der Waals surface area contributed by atoms with E-state index in [1.165, 1.54) is 16.9 Å². The molecule has 3 heterocycles. The Bertz CT molecular complexity index is 824. The Balaban J connectivity index is 1.84. The summed E-state index contributed by atoms with van der Waals surface area (Å²) >= 11 is 1.29. The first-order chi connectivity index (χ1) is 10.7. The van der Waals surface area contributed by atoms with Gasteiger partial charge in [-0.05, 0) is 30.5 Å². The summed E-state index contributed by atoms with van der Waals surface area (Å²) in [6.07, 6.45) is 6.84. The number of hydrogen-bond donors (Lipinski definition) is 2. The molecule has 0 aromatic carbocycles. The molecule has 7 heteroatoms. The van der Waals surface area contributed by atoms with Crippen LogP contribution in [-0.4, -0.2) is 17.1 Å². The number of allylic oxidation sites excluding steroid dienone is 1. The Morgan fingerprint density at radius 1 is 1.41 bits per heavy atom. The highest BCUT2D eigenvalue weighted by molar-refractivity contribution is 7.16. The van der Waals surface area contributed by atoms with Crippen LogP contribution in [-0.2, 0) is 6.42 Å². The van der Waals surface area contributed by atoms with E-state index in [1.807, 2.05) is 17.7 Å². The van der Waals surface area contributed by atoms with Gasteiger partial charge < -0.3 is 10.5 Å². The van der Waals surface area contributed by atoms with Crippen molar-refractivity contribution in [3.05, 3.63) is 46.1 Å². The van der Waals surface area contributed by atoms with E-state index in [2.05, 4.69) is 10.1 Å². The molecule has 1 aliphatic heterocycles. The normalized spacial score (nSPS) is 15.6. The number of fused-ring (bicyclic) bond motifs is 2. The lowest BCUT2D eigenvalue weighted by Crippen LogP contribution is -2.73. The minimum Gasteiger partial charge on any atom is -0.444 e. The van der Waals surface area contributed by atoms with Crippen molar-refractivity contribution in [3.8, 4) is 10.8 Å². The van der Waals surface area contributed by atoms with Crippen LogP contribution in [0.5, 0.6) is 10.8 Å². The molecule has 110 valence electrons. The smallest absolute Gasteiger partial charge is 0.259 e. The number of nitrogens with zero attached hydrogens (tertiary/aromatic N) is 2. The molecule has 1 amide bonds. The lowest BCUT2D eigenvalue weighted by Gasteiger charge is -2.13. The van der Waals surface area contributed by atoms with Crippen LogP contribution in [0.2, 0.25) is 0 Å². The van der Waals surface area contributed by atoms with Gasteiger partial charge in [-0.15, -0.1) is 0 Å². The summed E-state index contributed by atoms with van der Waals surface area (Å²) in [5.41, 5.74) is 11.5. The molecule has 4 rings (SSSR count). The van der Waals surface area contributed by atoms with Crippen molar-refractivity contribution >= 4 is 29.2 Å². The average Bonchev–Trinajstić information content (AvgIpc) is 3.12. The molecule has 0 fully saturated rings. The molecule has 0 unspecified atom stereocenters. The second-order valence-electron chi connectivity index (χ2n) is 5.07. The number of thiophene rings is 1. The molecule has 4 N–H and O–H groups in total. The number of quaternary nitrogens is 1. The number of aromatic nitrogens is 1. The van der Waals surface area contributed by atoms with Crippen molar-refractivity contribution in [2.75, 3.05) is 0 Å². The number of primary amides is 1. The Labute approximate surface area is 130 Å². The zero-order valence-electron chi connectivity index (χ0n) is 11.6. The minimum atomic E-state index is -0.412. The van der Waals surface area contributed by atoms with E-state index in [1.54, 1.807) is 18.5 Å². The largest absolute Gasteiger partial charge is 0.444 e. The van der Waals surface area contributed by atoms with Gasteiger partial charge >= 0.3 is 0 Å². The highest BCUT2D eigenvalue weighted by Crippen LogP contribution is 2.44. The third-order valence-electron chi connectivity index (χ3n) is 3.74. The first kappa shape index (κ1) is 13.2. The fourth-order valence-electron chi connectivity index (χ4n) is 2.78. The van der Waals surface area contributed by atoms with Crippen molar-refractivity contribution < 1.29 is 15.0 Å². The highest BCUT2D eigenvalue weighted by atomic mass is 32.1. The van der Waals surface area contributed by atoms with E-state index in [9.17, 15) is 4.79 Å². The van der Waals surface area contributed by atoms with Gasteiger partial charge in [-0.25, -0.2) is 0 Å². The highest BCUT2D eigenvalue weighted by Gasteiger charge is 2.34. The first-order valence-electron chi connectivity index (χ1n) is 6.87. The summed E-state index contributed by atoms with van der Waals surface area (Å²) < 4.78 is 5.95. The van der Waals surface area contributed by atoms with Gasteiger partial charge in [0.2, 0.25) is 0 Å². The molecule has 0 saturated carbocycles. The Morgan fingerprint density at radius 3 is 3.09 bits per heavy atom. The SMILES string of the molecule is NC(=O)c1sc(Oc2cccnc2)c2c1CCC1=C2[NH2+]N=C1. The minimum absolute atomic E-state index is 0.412. The van der Waals surface area contributed by atoms with E-state index in [4.69, 9.17) is 10.5 Å². The molecule has 0 saturated heterocycles. The molecule has 0 spiro atoms. The van der Waals surface area contributed by atoms with Crippen LogP contribution in [0.4, 0.5) is 0 Å². The molecule has 2 aliphatic rings. The predicted molar refractivity (Wildman–Crippen MR) is 82.8 cm³/mol. The Kier molecular flexibility index (Phi) is 3.02. The summed E-state index contributed by atoms with van der Waals surface area (Å²) in [7, 11) is 0. The maximum absolute atomic E-state index is 11.7. The van der Waals surface area contributed by atoms with Crippen LogP contribution in [0.3, 0.4) is 0 Å². The van der Waals surface area contributed by atoms with Crippen molar-refractivity contribution in [2.45, 2.75) is 12.8 Å². The zero-order valence-corrected chi connectivity index (χ0v) is 12.4. The van der Waals surface area contributed by atoms with Crippen molar-refractivity contribution in [3.63, 3.8) is 0 Å². The van der Waals surface area contributed by atoms with Crippen LogP contribution in [0, 0.1) is 0 Å². The van der Waals surface area contributed by atoms with Crippen LogP contribution in [0.1, 0.15) is 27.2 Å². The molecular formula is C15H13N4O2S+. The second-order valence-corrected chi connectivity index (χ2v) is 6.06. The molecule has 6 nitrogen and oxygen atoms in total. The fourth-order valence-corrected chi connectivity index (χ4v) is 3.86. The molecule has 1 aliphatic carbocycles. The third kappa shape index (κ3) is 2.02. The summed E-state index contributed by atoms with van der Waals surface area (Å²) in [4.78, 5) is 16.4. The van der Waals surface area contributed by atoms with Gasteiger partial charge in [0.15, 0.2) is 10.8 Å². The van der Waals surface area contributed by atoms with E-state index in [-0.39, 0.29) is 0 Å². The maximum Gasteiger partial charge on any atom is 0.259 e. The van der Waals surface area contributed by atoms with Gasteiger partial charge in [0.25, 0.3) is 5.91 Å². The molecule has 2 aromatic rings. The van der Waals surface area contributed by atoms with Gasteiger partial charge in [0.1, 0.15) is 5.75 Å². The maximum atomic E-state index is 11.7. The monoisotopic (exact) mass is 313 g/mol. The number of hydrogen-bond acceptors (Lipinski definition) is 5. The summed E-state index contributed by atoms with van der Waals surface area (Å²) in [5.74, 6) is 0.222. The quantitative estimate of drug-likeness (QED) is 0.835. The topological polar surface area (TPSA) is 94.2 Å². The predicted octanol–water partition coefficient (Wildman–Crippen LogP) is 1.25. The number of amides is 1. The summed E-state index contributed by atoms with van der Waals surface area (Å²) in [5, 5.41) is 4.90. The van der Waals surface area contributed by atoms with E-state index < -0.39 is 5.91 Å². The lowest BCUT2D eigenvalue weighted by atomic mass is 9.91. The van der Waals surface area contributed by atoms with Gasteiger partial charge in [-0.1, -0.05) is 16.4 Å². The van der Waals surface area contributed by atoms with Crippen molar-refractivity contribution in [1.82, 2.24) is 4.98 Å². The number of ether oxygens (including phenoxy) is 1. The first-order valence-corrected chi connectivity index (χ1v) is 7.69.